The number of nitrogens with zero attached hydrogens (tertiary/aromatic N) is 1. The fourth-order valence-corrected chi connectivity index (χ4v) is 2.85. The zero-order chi connectivity index (χ0) is 10.7. The van der Waals surface area contributed by atoms with Gasteiger partial charge in [-0.05, 0) is 12.5 Å². The van der Waals surface area contributed by atoms with Crippen LogP contribution in [-0.4, -0.2) is 22.2 Å². The fourth-order valence-electron chi connectivity index (χ4n) is 1.60. The molecule has 2 rings (SSSR count). The van der Waals surface area contributed by atoms with Gasteiger partial charge in [0, 0.05) is 12.2 Å². The second-order valence-electron chi connectivity index (χ2n) is 3.53. The Balaban J connectivity index is 1.97. The van der Waals surface area contributed by atoms with Gasteiger partial charge in [0.1, 0.15) is 6.73 Å². The summed E-state index contributed by atoms with van der Waals surface area (Å²) in [6.45, 7) is 3.97. The largest absolute Gasteiger partial charge is 0.593 e. The molecule has 1 unspecified atom stereocenters. The molecule has 0 amide bonds. The van der Waals surface area contributed by atoms with Crippen molar-refractivity contribution in [1.29, 1.82) is 0 Å². The standard InChI is InChI=1S/C11H15NO2S/c1-2-7-14-9-12-8-10-5-3-4-6-11(10)15(12)13/h3-6H,2,7-9H2,1H3. The summed E-state index contributed by atoms with van der Waals surface area (Å²) in [5.74, 6) is 0. The smallest absolute Gasteiger partial charge is 0.178 e. The van der Waals surface area contributed by atoms with E-state index in [1.807, 2.05) is 28.6 Å². The molecule has 0 spiro atoms. The van der Waals surface area contributed by atoms with Crippen LogP contribution in [0.3, 0.4) is 0 Å². The fraction of sp³-hybridized carbons (Fsp3) is 0.455. The summed E-state index contributed by atoms with van der Waals surface area (Å²) in [7, 11) is 0. The first-order chi connectivity index (χ1) is 7.33. The molecule has 82 valence electrons. The van der Waals surface area contributed by atoms with E-state index in [9.17, 15) is 4.55 Å². The van der Waals surface area contributed by atoms with Gasteiger partial charge in [-0.25, -0.2) is 0 Å². The maximum atomic E-state index is 11.9. The summed E-state index contributed by atoms with van der Waals surface area (Å²) < 4.78 is 19.2. The van der Waals surface area contributed by atoms with Crippen molar-refractivity contribution in [3.8, 4) is 0 Å². The molecule has 0 radical (unpaired) electrons. The SMILES string of the molecule is CCCOCN1Cc2ccccc2[S+]1[O-]. The van der Waals surface area contributed by atoms with E-state index >= 15 is 0 Å². The van der Waals surface area contributed by atoms with E-state index < -0.39 is 11.4 Å². The molecule has 0 fully saturated rings. The molecular weight excluding hydrogens is 210 g/mol. The predicted octanol–water partition coefficient (Wildman–Crippen LogP) is 1.91. The highest BCUT2D eigenvalue weighted by Gasteiger charge is 2.33. The Hall–Kier alpha value is -0.550. The molecule has 1 atom stereocenters. The van der Waals surface area contributed by atoms with Gasteiger partial charge in [-0.2, -0.15) is 0 Å². The van der Waals surface area contributed by atoms with Gasteiger partial charge in [-0.1, -0.05) is 29.4 Å². The van der Waals surface area contributed by atoms with Crippen molar-refractivity contribution in [3.63, 3.8) is 0 Å². The molecule has 3 nitrogen and oxygen atoms in total. The third-order valence-electron chi connectivity index (χ3n) is 2.33. The summed E-state index contributed by atoms with van der Waals surface area (Å²) in [6, 6.07) is 7.85. The number of fused-ring (bicyclic) bond motifs is 1. The monoisotopic (exact) mass is 225 g/mol. The molecule has 0 aromatic heterocycles. The Kier molecular flexibility index (Phi) is 3.64. The third kappa shape index (κ3) is 2.34. The molecule has 0 saturated carbocycles. The van der Waals surface area contributed by atoms with E-state index in [1.165, 1.54) is 0 Å². The van der Waals surface area contributed by atoms with Crippen LogP contribution in [0.1, 0.15) is 18.9 Å². The minimum Gasteiger partial charge on any atom is -0.593 e. The van der Waals surface area contributed by atoms with Gasteiger partial charge < -0.3 is 9.29 Å². The van der Waals surface area contributed by atoms with Crippen LogP contribution in [0.25, 0.3) is 0 Å². The number of benzene rings is 1. The van der Waals surface area contributed by atoms with Crippen molar-refractivity contribution in [2.75, 3.05) is 13.3 Å². The van der Waals surface area contributed by atoms with Gasteiger partial charge >= 0.3 is 0 Å². The van der Waals surface area contributed by atoms with Gasteiger partial charge in [0.05, 0.1) is 17.9 Å². The lowest BCUT2D eigenvalue weighted by atomic mass is 10.2. The van der Waals surface area contributed by atoms with Gasteiger partial charge in [0.15, 0.2) is 4.90 Å². The third-order valence-corrected chi connectivity index (χ3v) is 3.80. The minimum absolute atomic E-state index is 0.454. The maximum Gasteiger partial charge on any atom is 0.178 e. The molecule has 1 heterocycles. The number of ether oxygens (including phenoxy) is 1. The van der Waals surface area contributed by atoms with Crippen LogP contribution in [0.15, 0.2) is 29.2 Å². The van der Waals surface area contributed by atoms with E-state index in [1.54, 1.807) is 0 Å². The molecule has 1 aliphatic heterocycles. The van der Waals surface area contributed by atoms with Gasteiger partial charge in [-0.3, -0.25) is 0 Å². The molecule has 0 N–H and O–H groups in total. The molecule has 4 heteroatoms. The van der Waals surface area contributed by atoms with E-state index in [2.05, 4.69) is 6.92 Å². The average Bonchev–Trinajstić information content (AvgIpc) is 2.57. The van der Waals surface area contributed by atoms with Crippen molar-refractivity contribution in [2.24, 2.45) is 0 Å². The Morgan fingerprint density at radius 3 is 3.00 bits per heavy atom. The molecule has 0 bridgehead atoms. The summed E-state index contributed by atoms with van der Waals surface area (Å²) >= 11 is -1.03. The molecular formula is C11H15NO2S. The van der Waals surface area contributed by atoms with Crippen LogP contribution >= 0.6 is 0 Å². The summed E-state index contributed by atoms with van der Waals surface area (Å²) in [4.78, 5) is 0.928. The van der Waals surface area contributed by atoms with Crippen molar-refractivity contribution >= 4 is 11.4 Å². The van der Waals surface area contributed by atoms with Crippen molar-refractivity contribution < 1.29 is 9.29 Å². The summed E-state index contributed by atoms with van der Waals surface area (Å²) in [5, 5.41) is 0. The number of hydrogen-bond acceptors (Lipinski definition) is 3. The lowest BCUT2D eigenvalue weighted by Gasteiger charge is -2.15. The van der Waals surface area contributed by atoms with E-state index in [4.69, 9.17) is 4.74 Å². The summed E-state index contributed by atoms with van der Waals surface area (Å²) in [6.07, 6.45) is 0.993. The predicted molar refractivity (Wildman–Crippen MR) is 59.5 cm³/mol. The Morgan fingerprint density at radius 2 is 2.27 bits per heavy atom. The number of hydrogen-bond donors (Lipinski definition) is 0. The van der Waals surface area contributed by atoms with Gasteiger partial charge in [0.2, 0.25) is 0 Å². The van der Waals surface area contributed by atoms with Crippen molar-refractivity contribution in [2.45, 2.75) is 24.8 Å². The maximum absolute atomic E-state index is 11.9. The highest BCUT2D eigenvalue weighted by molar-refractivity contribution is 7.89. The van der Waals surface area contributed by atoms with Gasteiger partial charge in [0.25, 0.3) is 0 Å². The number of rotatable bonds is 4. The van der Waals surface area contributed by atoms with Crippen LogP contribution in [0.5, 0.6) is 0 Å². The van der Waals surface area contributed by atoms with Crippen LogP contribution in [0.2, 0.25) is 0 Å². The second kappa shape index (κ2) is 4.99. The molecule has 15 heavy (non-hydrogen) atoms. The highest BCUT2D eigenvalue weighted by atomic mass is 32.2. The molecule has 0 aliphatic carbocycles. The first-order valence-corrected chi connectivity index (χ1v) is 6.26. The Morgan fingerprint density at radius 1 is 1.47 bits per heavy atom. The Bertz CT molecular complexity index is 332. The zero-order valence-electron chi connectivity index (χ0n) is 8.81. The molecule has 1 aromatic rings. The quantitative estimate of drug-likeness (QED) is 0.580. The first-order valence-electron chi connectivity index (χ1n) is 5.15. The van der Waals surface area contributed by atoms with Crippen LogP contribution in [0, 0.1) is 0 Å². The molecule has 1 aromatic carbocycles. The lowest BCUT2D eigenvalue weighted by Crippen LogP contribution is -2.27. The highest BCUT2D eigenvalue weighted by Crippen LogP contribution is 2.29. The van der Waals surface area contributed by atoms with E-state index in [0.29, 0.717) is 6.73 Å². The molecule has 1 aliphatic rings. The molecule has 0 saturated heterocycles. The Labute approximate surface area is 93.4 Å². The van der Waals surface area contributed by atoms with E-state index in [0.717, 1.165) is 30.0 Å². The average molecular weight is 225 g/mol. The van der Waals surface area contributed by atoms with Crippen LogP contribution in [-0.2, 0) is 22.6 Å². The second-order valence-corrected chi connectivity index (χ2v) is 4.99. The lowest BCUT2D eigenvalue weighted by molar-refractivity contribution is 0.0709. The zero-order valence-corrected chi connectivity index (χ0v) is 9.63. The van der Waals surface area contributed by atoms with Crippen molar-refractivity contribution in [3.05, 3.63) is 29.8 Å². The normalized spacial score (nSPS) is 20.5. The van der Waals surface area contributed by atoms with Crippen molar-refractivity contribution in [1.82, 2.24) is 4.31 Å². The van der Waals surface area contributed by atoms with Gasteiger partial charge in [-0.15, -0.1) is 0 Å². The minimum atomic E-state index is -1.03. The van der Waals surface area contributed by atoms with Crippen LogP contribution < -0.4 is 0 Å². The summed E-state index contributed by atoms with van der Waals surface area (Å²) in [5.41, 5.74) is 1.15. The van der Waals surface area contributed by atoms with Crippen LogP contribution in [0.4, 0.5) is 0 Å². The van der Waals surface area contributed by atoms with E-state index in [-0.39, 0.29) is 0 Å². The topological polar surface area (TPSA) is 35.5 Å². The first kappa shape index (κ1) is 11.0.